The van der Waals surface area contributed by atoms with Crippen molar-refractivity contribution in [2.24, 2.45) is 0 Å². The molecule has 0 fully saturated rings. The van der Waals surface area contributed by atoms with Crippen molar-refractivity contribution in [3.63, 3.8) is 0 Å². The fourth-order valence-electron chi connectivity index (χ4n) is 0.980. The number of nitrogen functional groups attached to an aromatic ring is 1. The van der Waals surface area contributed by atoms with Gasteiger partial charge < -0.3 is 15.2 Å². The Morgan fingerprint density at radius 3 is 2.73 bits per heavy atom. The van der Waals surface area contributed by atoms with Crippen LogP contribution in [0.1, 0.15) is 5.56 Å². The molecule has 1 aromatic carbocycles. The van der Waals surface area contributed by atoms with E-state index in [-0.39, 0.29) is 0 Å². The molecule has 0 bridgehead atoms. The van der Waals surface area contributed by atoms with Crippen LogP contribution in [0.4, 0.5) is 5.69 Å². The number of esters is 1. The Labute approximate surface area is 88.0 Å². The molecule has 78 valence electrons. The van der Waals surface area contributed by atoms with Gasteiger partial charge in [0.15, 0.2) is 0 Å². The maximum atomic E-state index is 10.8. The van der Waals surface area contributed by atoms with Gasteiger partial charge in [-0.3, -0.25) is 0 Å². The summed E-state index contributed by atoms with van der Waals surface area (Å²) in [5.41, 5.74) is 6.74. The van der Waals surface area contributed by atoms with Gasteiger partial charge in [0.05, 0.1) is 19.8 Å². The molecule has 4 heteroatoms. The van der Waals surface area contributed by atoms with Gasteiger partial charge in [-0.1, -0.05) is 5.92 Å². The SMILES string of the molecule is COC(=O)C#Cc1ccc(N)cc1OC. The number of hydrogen-bond donors (Lipinski definition) is 1. The lowest BCUT2D eigenvalue weighted by Gasteiger charge is -2.03. The zero-order chi connectivity index (χ0) is 11.3. The summed E-state index contributed by atoms with van der Waals surface area (Å²) in [6.07, 6.45) is 0. The van der Waals surface area contributed by atoms with Gasteiger partial charge >= 0.3 is 5.97 Å². The first-order chi connectivity index (χ1) is 7.17. The zero-order valence-electron chi connectivity index (χ0n) is 8.53. The standard InChI is InChI=1S/C11H11NO3/c1-14-10-7-9(12)5-3-8(10)4-6-11(13)15-2/h3,5,7H,12H2,1-2H3. The third-order valence-corrected chi connectivity index (χ3v) is 1.71. The van der Waals surface area contributed by atoms with E-state index in [4.69, 9.17) is 10.5 Å². The minimum Gasteiger partial charge on any atom is -0.495 e. The lowest BCUT2D eigenvalue weighted by Crippen LogP contribution is -1.95. The Hall–Kier alpha value is -2.15. The fraction of sp³-hybridized carbons (Fsp3) is 0.182. The van der Waals surface area contributed by atoms with E-state index in [9.17, 15) is 4.79 Å². The molecule has 1 rings (SSSR count). The molecular formula is C11H11NO3. The van der Waals surface area contributed by atoms with Crippen LogP contribution in [-0.4, -0.2) is 20.2 Å². The van der Waals surface area contributed by atoms with Gasteiger partial charge in [0, 0.05) is 17.7 Å². The summed E-state index contributed by atoms with van der Waals surface area (Å²) in [5.74, 6) is 4.89. The second-order valence-electron chi connectivity index (χ2n) is 2.70. The number of hydrogen-bond acceptors (Lipinski definition) is 4. The minimum absolute atomic E-state index is 0.534. The lowest BCUT2D eigenvalue weighted by molar-refractivity contribution is -0.133. The molecule has 0 aromatic heterocycles. The Morgan fingerprint density at radius 1 is 1.40 bits per heavy atom. The smallest absolute Gasteiger partial charge is 0.384 e. The molecule has 0 saturated carbocycles. The second kappa shape index (κ2) is 4.91. The zero-order valence-corrected chi connectivity index (χ0v) is 8.53. The summed E-state index contributed by atoms with van der Waals surface area (Å²) >= 11 is 0. The normalized spacial score (nSPS) is 8.67. The number of carbonyl (C=O) groups excluding carboxylic acids is 1. The van der Waals surface area contributed by atoms with Crippen LogP contribution < -0.4 is 10.5 Å². The van der Waals surface area contributed by atoms with Crippen LogP contribution in [0.25, 0.3) is 0 Å². The van der Waals surface area contributed by atoms with Crippen molar-refractivity contribution in [3.8, 4) is 17.6 Å². The van der Waals surface area contributed by atoms with Gasteiger partial charge in [0.2, 0.25) is 0 Å². The first kappa shape index (κ1) is 10.9. The van der Waals surface area contributed by atoms with Crippen molar-refractivity contribution >= 4 is 11.7 Å². The average Bonchev–Trinajstić information content (AvgIpc) is 2.26. The van der Waals surface area contributed by atoms with E-state index in [1.807, 2.05) is 0 Å². The maximum Gasteiger partial charge on any atom is 0.384 e. The van der Waals surface area contributed by atoms with E-state index < -0.39 is 5.97 Å². The van der Waals surface area contributed by atoms with Gasteiger partial charge in [0.1, 0.15) is 5.75 Å². The number of methoxy groups -OCH3 is 2. The number of anilines is 1. The summed E-state index contributed by atoms with van der Waals surface area (Å²) < 4.78 is 9.45. The van der Waals surface area contributed by atoms with Crippen molar-refractivity contribution in [2.75, 3.05) is 20.0 Å². The Balaban J connectivity index is 3.02. The lowest BCUT2D eigenvalue weighted by atomic mass is 10.2. The second-order valence-corrected chi connectivity index (χ2v) is 2.70. The molecule has 4 nitrogen and oxygen atoms in total. The van der Waals surface area contributed by atoms with Crippen molar-refractivity contribution < 1.29 is 14.3 Å². The quantitative estimate of drug-likeness (QED) is 0.418. The average molecular weight is 205 g/mol. The van der Waals surface area contributed by atoms with Crippen molar-refractivity contribution in [1.82, 2.24) is 0 Å². The molecule has 0 aliphatic heterocycles. The third kappa shape index (κ3) is 2.92. The van der Waals surface area contributed by atoms with Gasteiger partial charge in [-0.05, 0) is 12.1 Å². The van der Waals surface area contributed by atoms with Crippen LogP contribution in [0.5, 0.6) is 5.75 Å². The predicted molar refractivity (Wildman–Crippen MR) is 56.3 cm³/mol. The first-order valence-corrected chi connectivity index (χ1v) is 4.21. The highest BCUT2D eigenvalue weighted by molar-refractivity contribution is 5.89. The molecule has 0 amide bonds. The summed E-state index contributed by atoms with van der Waals surface area (Å²) in [6.45, 7) is 0. The van der Waals surface area contributed by atoms with E-state index in [2.05, 4.69) is 16.6 Å². The molecule has 1 aromatic rings. The number of carbonyl (C=O) groups is 1. The van der Waals surface area contributed by atoms with Gasteiger partial charge in [0.25, 0.3) is 0 Å². The first-order valence-electron chi connectivity index (χ1n) is 4.21. The van der Waals surface area contributed by atoms with Crippen molar-refractivity contribution in [3.05, 3.63) is 23.8 Å². The van der Waals surface area contributed by atoms with Crippen LogP contribution in [0.15, 0.2) is 18.2 Å². The highest BCUT2D eigenvalue weighted by Gasteiger charge is 2.00. The molecule has 0 atom stereocenters. The molecule has 0 unspecified atom stereocenters. The van der Waals surface area contributed by atoms with Crippen molar-refractivity contribution in [1.29, 1.82) is 0 Å². The molecule has 0 aliphatic carbocycles. The largest absolute Gasteiger partial charge is 0.495 e. The van der Waals surface area contributed by atoms with Crippen LogP contribution >= 0.6 is 0 Å². The summed E-state index contributed by atoms with van der Waals surface area (Å²) in [5, 5.41) is 0. The highest BCUT2D eigenvalue weighted by Crippen LogP contribution is 2.20. The summed E-state index contributed by atoms with van der Waals surface area (Å²) in [6, 6.07) is 5.01. The Morgan fingerprint density at radius 2 is 2.13 bits per heavy atom. The van der Waals surface area contributed by atoms with Crippen LogP contribution in [0.3, 0.4) is 0 Å². The van der Waals surface area contributed by atoms with E-state index in [1.165, 1.54) is 14.2 Å². The Bertz CT molecular complexity index is 429. The number of benzene rings is 1. The minimum atomic E-state index is -0.589. The monoisotopic (exact) mass is 205 g/mol. The van der Waals surface area contributed by atoms with Crippen LogP contribution in [-0.2, 0) is 9.53 Å². The molecule has 15 heavy (non-hydrogen) atoms. The number of rotatable bonds is 1. The molecule has 0 aliphatic rings. The van der Waals surface area contributed by atoms with Crippen molar-refractivity contribution in [2.45, 2.75) is 0 Å². The molecule has 0 heterocycles. The maximum absolute atomic E-state index is 10.8. The van der Waals surface area contributed by atoms with E-state index in [0.717, 1.165) is 0 Å². The molecule has 2 N–H and O–H groups in total. The molecule has 0 radical (unpaired) electrons. The van der Waals surface area contributed by atoms with E-state index in [1.54, 1.807) is 18.2 Å². The van der Waals surface area contributed by atoms with Crippen LogP contribution in [0.2, 0.25) is 0 Å². The fourth-order valence-corrected chi connectivity index (χ4v) is 0.980. The summed E-state index contributed by atoms with van der Waals surface area (Å²) in [4.78, 5) is 10.8. The number of nitrogens with two attached hydrogens (primary N) is 1. The van der Waals surface area contributed by atoms with Gasteiger partial charge in [-0.2, -0.15) is 0 Å². The van der Waals surface area contributed by atoms with Gasteiger partial charge in [-0.25, -0.2) is 4.79 Å². The number of ether oxygens (including phenoxy) is 2. The van der Waals surface area contributed by atoms with Crippen LogP contribution in [0, 0.1) is 11.8 Å². The predicted octanol–water partition coefficient (Wildman–Crippen LogP) is 0.802. The highest BCUT2D eigenvalue weighted by atomic mass is 16.5. The van der Waals surface area contributed by atoms with Gasteiger partial charge in [-0.15, -0.1) is 0 Å². The molecule has 0 saturated heterocycles. The molecular weight excluding hydrogens is 194 g/mol. The topological polar surface area (TPSA) is 61.5 Å². The third-order valence-electron chi connectivity index (χ3n) is 1.71. The van der Waals surface area contributed by atoms with E-state index >= 15 is 0 Å². The van der Waals surface area contributed by atoms with E-state index in [0.29, 0.717) is 17.0 Å². The molecule has 0 spiro atoms. The Kier molecular flexibility index (Phi) is 3.58. The summed E-state index contributed by atoms with van der Waals surface area (Å²) in [7, 11) is 2.79.